The number of hydrogen-bond donors (Lipinski definition) is 1. The number of alkyl carbamates (subject to hydrolysis) is 1. The Kier molecular flexibility index (Phi) is 7.21. The molecule has 0 bridgehead atoms. The van der Waals surface area contributed by atoms with Crippen molar-refractivity contribution < 1.29 is 9.53 Å². The van der Waals surface area contributed by atoms with Gasteiger partial charge in [-0.15, -0.1) is 0 Å². The Morgan fingerprint density at radius 1 is 0.974 bits per heavy atom. The van der Waals surface area contributed by atoms with E-state index < -0.39 is 5.60 Å². The van der Waals surface area contributed by atoms with Crippen molar-refractivity contribution >= 4 is 22.8 Å². The first-order chi connectivity index (χ1) is 18.7. The highest BCUT2D eigenvalue weighted by atomic mass is 16.6. The lowest BCUT2D eigenvalue weighted by molar-refractivity contribution is 0.0500. The van der Waals surface area contributed by atoms with E-state index >= 15 is 0 Å². The van der Waals surface area contributed by atoms with Crippen LogP contribution in [0.1, 0.15) is 44.7 Å². The van der Waals surface area contributed by atoms with Crippen molar-refractivity contribution in [3.63, 3.8) is 0 Å². The van der Waals surface area contributed by atoms with Gasteiger partial charge in [0.1, 0.15) is 5.60 Å². The van der Waals surface area contributed by atoms with Gasteiger partial charge in [0.15, 0.2) is 0 Å². The van der Waals surface area contributed by atoms with Gasteiger partial charge in [-0.3, -0.25) is 0 Å². The number of carbonyl (C=O) groups excluding carboxylic acids is 1. The highest BCUT2D eigenvalue weighted by Gasteiger charge is 2.25. The van der Waals surface area contributed by atoms with Crippen molar-refractivity contribution in [3.8, 4) is 28.6 Å². The highest BCUT2D eigenvalue weighted by Crippen LogP contribution is 2.33. The first-order valence-corrected chi connectivity index (χ1v) is 13.3. The molecule has 1 N–H and O–H groups in total. The van der Waals surface area contributed by atoms with Crippen LogP contribution < -0.4 is 10.2 Å². The number of nitrogens with one attached hydrogen (secondary N) is 1. The van der Waals surface area contributed by atoms with Crippen LogP contribution >= 0.6 is 0 Å². The van der Waals surface area contributed by atoms with Crippen LogP contribution in [0.3, 0.4) is 0 Å². The lowest BCUT2D eigenvalue weighted by Gasteiger charge is -2.35. The van der Waals surface area contributed by atoms with Gasteiger partial charge in [-0.25, -0.2) is 14.8 Å². The molecule has 0 spiro atoms. The van der Waals surface area contributed by atoms with Crippen LogP contribution in [0.4, 0.5) is 10.5 Å². The summed E-state index contributed by atoms with van der Waals surface area (Å²) in [6, 6.07) is 24.1. The van der Waals surface area contributed by atoms with Crippen molar-refractivity contribution in [1.29, 1.82) is 5.26 Å². The van der Waals surface area contributed by atoms with Crippen LogP contribution in [0.15, 0.2) is 66.7 Å². The van der Waals surface area contributed by atoms with E-state index in [-0.39, 0.29) is 12.1 Å². The summed E-state index contributed by atoms with van der Waals surface area (Å²) >= 11 is 0. The third-order valence-electron chi connectivity index (χ3n) is 6.77. The first kappa shape index (κ1) is 26.2. The fourth-order valence-electron chi connectivity index (χ4n) is 4.86. The first-order valence-electron chi connectivity index (χ1n) is 13.3. The predicted molar refractivity (Wildman–Crippen MR) is 154 cm³/mol. The largest absolute Gasteiger partial charge is 0.444 e. The van der Waals surface area contributed by atoms with Gasteiger partial charge in [0, 0.05) is 35.9 Å². The van der Waals surface area contributed by atoms with Gasteiger partial charge in [-0.2, -0.15) is 5.26 Å². The van der Waals surface area contributed by atoms with E-state index in [1.54, 1.807) is 0 Å². The molecular formula is C32H33N5O2. The van der Waals surface area contributed by atoms with Gasteiger partial charge >= 0.3 is 6.09 Å². The minimum Gasteiger partial charge on any atom is -0.444 e. The molecule has 7 nitrogen and oxygen atoms in total. The van der Waals surface area contributed by atoms with E-state index in [4.69, 9.17) is 14.7 Å². The number of piperidine rings is 1. The Balaban J connectivity index is 1.48. The Hall–Kier alpha value is -4.44. The molecule has 1 atom stereocenters. The number of carbonyl (C=O) groups is 1. The summed E-state index contributed by atoms with van der Waals surface area (Å²) in [5.74, 6) is 0. The van der Waals surface area contributed by atoms with Crippen molar-refractivity contribution in [3.05, 3.63) is 77.9 Å². The van der Waals surface area contributed by atoms with E-state index in [0.717, 1.165) is 58.6 Å². The number of ether oxygens (including phenoxy) is 1. The van der Waals surface area contributed by atoms with E-state index in [2.05, 4.69) is 59.6 Å². The maximum atomic E-state index is 12.3. The molecule has 1 aliphatic heterocycles. The summed E-state index contributed by atoms with van der Waals surface area (Å²) < 4.78 is 5.46. The van der Waals surface area contributed by atoms with Gasteiger partial charge in [0.2, 0.25) is 0 Å². The van der Waals surface area contributed by atoms with Crippen molar-refractivity contribution in [2.45, 2.75) is 52.2 Å². The molecule has 3 aromatic carbocycles. The van der Waals surface area contributed by atoms with E-state index in [1.807, 2.05) is 51.1 Å². The summed E-state index contributed by atoms with van der Waals surface area (Å²) in [4.78, 5) is 24.8. The third kappa shape index (κ3) is 6.18. The molecule has 1 aliphatic rings. The second kappa shape index (κ2) is 10.7. The van der Waals surface area contributed by atoms with Gasteiger partial charge < -0.3 is 15.0 Å². The van der Waals surface area contributed by atoms with E-state index in [0.29, 0.717) is 12.1 Å². The van der Waals surface area contributed by atoms with Crippen LogP contribution in [-0.4, -0.2) is 40.8 Å². The molecular weight excluding hydrogens is 486 g/mol. The molecule has 1 amide bonds. The maximum Gasteiger partial charge on any atom is 0.407 e. The normalized spacial score (nSPS) is 15.6. The van der Waals surface area contributed by atoms with E-state index in [1.165, 1.54) is 5.56 Å². The molecule has 1 fully saturated rings. The van der Waals surface area contributed by atoms with Gasteiger partial charge in [-0.1, -0.05) is 42.0 Å². The topological polar surface area (TPSA) is 91.1 Å². The summed E-state index contributed by atoms with van der Waals surface area (Å²) in [6.07, 6.45) is 1.49. The molecule has 0 aliphatic carbocycles. The molecule has 5 rings (SSSR count). The van der Waals surface area contributed by atoms with Crippen molar-refractivity contribution in [2.75, 3.05) is 18.0 Å². The Labute approximate surface area is 229 Å². The highest BCUT2D eigenvalue weighted by molar-refractivity contribution is 5.88. The molecule has 1 saturated heterocycles. The van der Waals surface area contributed by atoms with Crippen LogP contribution in [0.25, 0.3) is 33.5 Å². The molecule has 4 aromatic rings. The van der Waals surface area contributed by atoms with Crippen LogP contribution in [-0.2, 0) is 4.74 Å². The fourth-order valence-corrected chi connectivity index (χ4v) is 4.86. The lowest BCUT2D eigenvalue weighted by atomic mass is 10.0. The summed E-state index contributed by atoms with van der Waals surface area (Å²) in [6.45, 7) is 9.26. The Morgan fingerprint density at radius 2 is 1.62 bits per heavy atom. The van der Waals surface area contributed by atoms with Gasteiger partial charge in [0.05, 0.1) is 34.1 Å². The number of benzene rings is 3. The van der Waals surface area contributed by atoms with Crippen molar-refractivity contribution in [2.24, 2.45) is 0 Å². The summed E-state index contributed by atoms with van der Waals surface area (Å²) in [5.41, 5.74) is 7.38. The third-order valence-corrected chi connectivity index (χ3v) is 6.77. The minimum atomic E-state index is -0.528. The molecule has 0 radical (unpaired) electrons. The number of aryl methyl sites for hydroxylation is 1. The smallest absolute Gasteiger partial charge is 0.407 e. The molecule has 7 heteroatoms. The molecule has 39 heavy (non-hydrogen) atoms. The molecule has 198 valence electrons. The zero-order chi connectivity index (χ0) is 27.6. The van der Waals surface area contributed by atoms with Crippen molar-refractivity contribution in [1.82, 2.24) is 15.3 Å². The number of fused-ring (bicyclic) bond motifs is 1. The monoisotopic (exact) mass is 519 g/mol. The van der Waals surface area contributed by atoms with Gasteiger partial charge in [-0.05, 0) is 70.9 Å². The number of aromatic nitrogens is 2. The quantitative estimate of drug-likeness (QED) is 0.325. The number of amides is 1. The zero-order valence-corrected chi connectivity index (χ0v) is 22.9. The van der Waals surface area contributed by atoms with Crippen LogP contribution in [0.2, 0.25) is 0 Å². The minimum absolute atomic E-state index is 0.00787. The number of nitriles is 1. The second-order valence-corrected chi connectivity index (χ2v) is 11.1. The molecule has 0 unspecified atom stereocenters. The van der Waals surface area contributed by atoms with Gasteiger partial charge in [0.25, 0.3) is 0 Å². The average Bonchev–Trinajstić information content (AvgIpc) is 2.91. The summed E-state index contributed by atoms with van der Waals surface area (Å²) in [5, 5.41) is 12.3. The second-order valence-electron chi connectivity index (χ2n) is 11.1. The molecule has 1 aromatic heterocycles. The number of nitrogens with zero attached hydrogens (tertiary/aromatic N) is 4. The number of rotatable bonds is 4. The lowest BCUT2D eigenvalue weighted by Crippen LogP contribution is -2.49. The molecule has 2 heterocycles. The van der Waals surface area contributed by atoms with Crippen LogP contribution in [0.5, 0.6) is 0 Å². The number of anilines is 1. The fraction of sp³-hybridized carbons (Fsp3) is 0.312. The van der Waals surface area contributed by atoms with E-state index in [9.17, 15) is 10.1 Å². The number of hydrogen-bond acceptors (Lipinski definition) is 6. The SMILES string of the molecule is Cc1ccc(-c2nc3ccc(N4CCC[C@H](NC(=O)OC(C)(C)C)C4)cc3nc2-c2ccc(C#N)cc2)cc1. The van der Waals surface area contributed by atoms with Crippen LogP contribution in [0, 0.1) is 18.3 Å². The Bertz CT molecular complexity index is 1530. The zero-order valence-electron chi connectivity index (χ0n) is 22.9. The molecule has 0 saturated carbocycles. The maximum absolute atomic E-state index is 12.3. The summed E-state index contributed by atoms with van der Waals surface area (Å²) in [7, 11) is 0. The Morgan fingerprint density at radius 3 is 2.26 bits per heavy atom. The standard InChI is InChI=1S/C32H33N5O2/c1-21-7-11-23(12-8-21)29-30(24-13-9-22(19-33)10-14-24)36-28-18-26(15-16-27(28)35-29)37-17-5-6-25(20-37)34-31(38)39-32(2,3)4/h7-16,18,25H,5-6,17,20H2,1-4H3,(H,34,38)/t25-/m0/s1. The predicted octanol–water partition coefficient (Wildman–Crippen LogP) is 6.64. The average molecular weight is 520 g/mol.